The summed E-state index contributed by atoms with van der Waals surface area (Å²) in [5, 5.41) is 12.6. The van der Waals surface area contributed by atoms with Gasteiger partial charge < -0.3 is 4.79 Å². The van der Waals surface area contributed by atoms with E-state index in [0.717, 1.165) is 0 Å². The smallest absolute Gasteiger partial charge is 0.106 e. The number of hydrogen-bond donors (Lipinski definition) is 0. The Balaban J connectivity index is 0.000000166. The summed E-state index contributed by atoms with van der Waals surface area (Å²) in [7, 11) is -1.34. The zero-order chi connectivity index (χ0) is 40.7. The van der Waals surface area contributed by atoms with Crippen LogP contribution in [0.2, 0.25) is 0 Å². The molecule has 0 spiro atoms. The molecule has 60 heavy (non-hydrogen) atoms. The van der Waals surface area contributed by atoms with Gasteiger partial charge in [0.2, 0.25) is 0 Å². The van der Waals surface area contributed by atoms with E-state index in [0.29, 0.717) is 0 Å². The van der Waals surface area contributed by atoms with E-state index in [4.69, 9.17) is 4.79 Å². The first-order chi connectivity index (χ1) is 29.3. The minimum atomic E-state index is -0.446. The van der Waals surface area contributed by atoms with Crippen LogP contribution in [0.4, 0.5) is 0 Å². The van der Waals surface area contributed by atoms with Gasteiger partial charge in [-0.1, -0.05) is 273 Å². The molecule has 9 rings (SSSR count). The molecule has 0 fully saturated rings. The van der Waals surface area contributed by atoms with E-state index in [1.54, 1.807) is 0 Å². The zero-order valence-electron chi connectivity index (χ0n) is 33.3. The fraction of sp³-hybridized carbons (Fsp3) is 0. The van der Waals surface area contributed by atoms with Gasteiger partial charge in [-0.3, -0.25) is 0 Å². The molecule has 298 valence electrons. The minimum Gasteiger partial charge on any atom is -0.307 e. The standard InChI is InChI=1S/3C18H15P.CH2O.Pd/c3*1-4-10-16(11-5-1)19(17-12-6-2-7-13-17)18-14-8-3-9-15-18;1-2;/h3*1-15H;1H2;. The summed E-state index contributed by atoms with van der Waals surface area (Å²) < 4.78 is 0. The molecule has 0 bridgehead atoms. The molecule has 0 aliphatic heterocycles. The largest absolute Gasteiger partial charge is 0.307 e. The van der Waals surface area contributed by atoms with E-state index in [-0.39, 0.29) is 20.4 Å². The topological polar surface area (TPSA) is 17.1 Å². The second-order valence-electron chi connectivity index (χ2n) is 13.0. The minimum absolute atomic E-state index is 0. The first-order valence-electron chi connectivity index (χ1n) is 19.5. The predicted octanol–water partition coefficient (Wildman–Crippen LogP) is 10.1. The number of benzene rings is 9. The van der Waals surface area contributed by atoms with Crippen LogP contribution in [0.3, 0.4) is 0 Å². The molecule has 0 N–H and O–H groups in total. The molecule has 0 amide bonds. The van der Waals surface area contributed by atoms with Crippen LogP contribution in [0.5, 0.6) is 0 Å². The molecular weight excluding hydrogens is 876 g/mol. The molecule has 0 saturated carbocycles. The molecule has 0 aromatic heterocycles. The molecule has 1 nitrogen and oxygen atoms in total. The Morgan fingerprint density at radius 3 is 0.350 bits per heavy atom. The van der Waals surface area contributed by atoms with E-state index >= 15 is 0 Å². The molecular formula is C55H47OP3Pd. The second-order valence-corrected chi connectivity index (χ2v) is 19.7. The third-order valence-electron chi connectivity index (χ3n) is 9.13. The van der Waals surface area contributed by atoms with Crippen molar-refractivity contribution < 1.29 is 25.2 Å². The molecule has 0 radical (unpaired) electrons. The molecule has 9 aromatic rings. The van der Waals surface area contributed by atoms with Gasteiger partial charge in [0.25, 0.3) is 0 Å². The van der Waals surface area contributed by atoms with E-state index in [1.165, 1.54) is 47.7 Å². The summed E-state index contributed by atoms with van der Waals surface area (Å²) in [4.78, 5) is 8.00. The van der Waals surface area contributed by atoms with Gasteiger partial charge >= 0.3 is 0 Å². The Kier molecular flexibility index (Phi) is 19.8. The Morgan fingerprint density at radius 1 is 0.183 bits per heavy atom. The molecule has 9 aromatic carbocycles. The van der Waals surface area contributed by atoms with Gasteiger partial charge in [0.15, 0.2) is 0 Å². The molecule has 0 saturated heterocycles. The summed E-state index contributed by atoms with van der Waals surface area (Å²) >= 11 is 0. The quantitative estimate of drug-likeness (QED) is 0.104. The molecule has 0 atom stereocenters. The van der Waals surface area contributed by atoms with Crippen LogP contribution in [-0.4, -0.2) is 6.79 Å². The first kappa shape index (κ1) is 45.7. The van der Waals surface area contributed by atoms with Crippen molar-refractivity contribution in [1.29, 1.82) is 0 Å². The predicted molar refractivity (Wildman–Crippen MR) is 263 cm³/mol. The maximum absolute atomic E-state index is 8.00. The van der Waals surface area contributed by atoms with Gasteiger partial charge in [-0.2, -0.15) is 0 Å². The van der Waals surface area contributed by atoms with Gasteiger partial charge in [0, 0.05) is 20.4 Å². The normalized spacial score (nSPS) is 10.1. The summed E-state index contributed by atoms with van der Waals surface area (Å²) in [6.45, 7) is 2.00. The van der Waals surface area contributed by atoms with Gasteiger partial charge in [-0.25, -0.2) is 0 Å². The van der Waals surface area contributed by atoms with Crippen LogP contribution in [0.25, 0.3) is 0 Å². The van der Waals surface area contributed by atoms with Gasteiger partial charge in [0.1, 0.15) is 6.79 Å². The third kappa shape index (κ3) is 13.3. The average Bonchev–Trinajstić information content (AvgIpc) is 3.34. The van der Waals surface area contributed by atoms with E-state index in [1.807, 2.05) is 6.79 Å². The molecule has 0 aliphatic carbocycles. The van der Waals surface area contributed by atoms with Gasteiger partial charge in [-0.15, -0.1) is 0 Å². The van der Waals surface area contributed by atoms with Crippen molar-refractivity contribution in [2.75, 3.05) is 0 Å². The summed E-state index contributed by atoms with van der Waals surface area (Å²) in [6.07, 6.45) is 0. The summed E-state index contributed by atoms with van der Waals surface area (Å²) in [6, 6.07) is 97.0. The maximum atomic E-state index is 8.00. The van der Waals surface area contributed by atoms with Crippen molar-refractivity contribution >= 4 is 78.3 Å². The maximum Gasteiger partial charge on any atom is 0.106 e. The van der Waals surface area contributed by atoms with E-state index < -0.39 is 23.8 Å². The van der Waals surface area contributed by atoms with E-state index in [9.17, 15) is 0 Å². The number of carbonyl (C=O) groups excluding carboxylic acids is 1. The second kappa shape index (κ2) is 25.9. The molecule has 0 aliphatic rings. The van der Waals surface area contributed by atoms with Crippen LogP contribution < -0.4 is 47.7 Å². The van der Waals surface area contributed by atoms with Gasteiger partial charge in [-0.05, 0) is 71.5 Å². The summed E-state index contributed by atoms with van der Waals surface area (Å²) in [5.74, 6) is 0. The zero-order valence-corrected chi connectivity index (χ0v) is 37.5. The number of rotatable bonds is 9. The Hall–Kier alpha value is -5.40. The van der Waals surface area contributed by atoms with Gasteiger partial charge in [0.05, 0.1) is 0 Å². The number of hydrogen-bond acceptors (Lipinski definition) is 1. The van der Waals surface area contributed by atoms with Crippen molar-refractivity contribution in [3.8, 4) is 0 Å². The summed E-state index contributed by atoms with van der Waals surface area (Å²) in [5.41, 5.74) is 0. The van der Waals surface area contributed by atoms with Crippen molar-refractivity contribution in [1.82, 2.24) is 0 Å². The fourth-order valence-corrected chi connectivity index (χ4v) is 13.5. The van der Waals surface area contributed by atoms with Crippen LogP contribution in [0.15, 0.2) is 273 Å². The van der Waals surface area contributed by atoms with Crippen LogP contribution in [-0.2, 0) is 25.2 Å². The van der Waals surface area contributed by atoms with Crippen molar-refractivity contribution in [3.63, 3.8) is 0 Å². The number of carbonyl (C=O) groups is 1. The SMILES string of the molecule is C=O.[Pd].c1ccc(P(c2ccccc2)c2ccccc2)cc1.c1ccc(P(c2ccccc2)c2ccccc2)cc1.c1ccc(P(c2ccccc2)c2ccccc2)cc1. The van der Waals surface area contributed by atoms with Crippen molar-refractivity contribution in [3.05, 3.63) is 273 Å². The fourth-order valence-electron chi connectivity index (χ4n) is 6.54. The average molecular weight is 923 g/mol. The van der Waals surface area contributed by atoms with Crippen molar-refractivity contribution in [2.24, 2.45) is 0 Å². The monoisotopic (exact) mass is 922 g/mol. The van der Waals surface area contributed by atoms with E-state index in [2.05, 4.69) is 273 Å². The van der Waals surface area contributed by atoms with Crippen molar-refractivity contribution in [2.45, 2.75) is 0 Å². The third-order valence-corrected chi connectivity index (χ3v) is 16.5. The van der Waals surface area contributed by atoms with Crippen LogP contribution >= 0.6 is 23.8 Å². The first-order valence-corrected chi connectivity index (χ1v) is 23.5. The molecule has 0 unspecified atom stereocenters. The molecule has 5 heteroatoms. The molecule has 0 heterocycles. The van der Waals surface area contributed by atoms with Crippen LogP contribution in [0.1, 0.15) is 0 Å². The van der Waals surface area contributed by atoms with Crippen LogP contribution in [0, 0.1) is 0 Å². The Labute approximate surface area is 374 Å². The Bertz CT molecular complexity index is 1890. The Morgan fingerprint density at radius 2 is 0.267 bits per heavy atom.